The number of aliphatic imine (C=N–C) groups is 2. The molecular formula is C13H18BrClFN5O2. The molecule has 2 rings (SSSR count). The first-order valence-electron chi connectivity index (χ1n) is 6.65. The molecule has 7 nitrogen and oxygen atoms in total. The Balaban J connectivity index is 0.00000264. The lowest BCUT2D eigenvalue weighted by Crippen LogP contribution is -2.47. The summed E-state index contributed by atoms with van der Waals surface area (Å²) in [6.45, 7) is 2.48. The van der Waals surface area contributed by atoms with E-state index in [1.165, 1.54) is 23.3 Å². The molecule has 1 aromatic rings. The van der Waals surface area contributed by atoms with Gasteiger partial charge in [0.05, 0.1) is 18.2 Å². The summed E-state index contributed by atoms with van der Waals surface area (Å²) in [7, 11) is 0. The van der Waals surface area contributed by atoms with E-state index in [4.69, 9.17) is 32.6 Å². The van der Waals surface area contributed by atoms with Crippen molar-refractivity contribution in [2.45, 2.75) is 19.5 Å². The SMILES string of the molecule is Br.CC1N=C(N)N=C(N)N1OCCCOc1ccc(F)cc1Cl. The smallest absolute Gasteiger partial charge is 0.225 e. The fourth-order valence-corrected chi connectivity index (χ4v) is 2.02. The Labute approximate surface area is 148 Å². The number of halogens is 3. The number of ether oxygens (including phenoxy) is 1. The molecule has 1 aromatic carbocycles. The number of hydrogen-bond acceptors (Lipinski definition) is 7. The monoisotopic (exact) mass is 409 g/mol. The molecule has 0 bridgehead atoms. The molecule has 0 amide bonds. The second-order valence-electron chi connectivity index (χ2n) is 4.52. The fourth-order valence-electron chi connectivity index (χ4n) is 1.80. The average molecular weight is 411 g/mol. The number of hydroxylamine groups is 2. The highest BCUT2D eigenvalue weighted by Gasteiger charge is 2.21. The molecule has 128 valence electrons. The van der Waals surface area contributed by atoms with Crippen LogP contribution in [0.4, 0.5) is 4.39 Å². The summed E-state index contributed by atoms with van der Waals surface area (Å²) in [5.74, 6) is 0.295. The molecule has 0 saturated heterocycles. The van der Waals surface area contributed by atoms with Gasteiger partial charge in [-0.15, -0.1) is 17.0 Å². The van der Waals surface area contributed by atoms with Gasteiger partial charge in [0, 0.05) is 6.42 Å². The summed E-state index contributed by atoms with van der Waals surface area (Å²) < 4.78 is 18.3. The van der Waals surface area contributed by atoms with Gasteiger partial charge in [-0.1, -0.05) is 11.6 Å². The molecule has 0 aromatic heterocycles. The van der Waals surface area contributed by atoms with Gasteiger partial charge in [-0.25, -0.2) is 9.38 Å². The van der Waals surface area contributed by atoms with Gasteiger partial charge in [0.25, 0.3) is 0 Å². The predicted octanol–water partition coefficient (Wildman–Crippen LogP) is 2.05. The van der Waals surface area contributed by atoms with Crippen LogP contribution in [0.25, 0.3) is 0 Å². The van der Waals surface area contributed by atoms with Gasteiger partial charge in [0.15, 0.2) is 0 Å². The Morgan fingerprint density at radius 1 is 1.35 bits per heavy atom. The molecule has 23 heavy (non-hydrogen) atoms. The lowest BCUT2D eigenvalue weighted by atomic mass is 10.3. The predicted molar refractivity (Wildman–Crippen MR) is 92.3 cm³/mol. The number of nitrogens with zero attached hydrogens (tertiary/aromatic N) is 3. The number of guanidine groups is 2. The summed E-state index contributed by atoms with van der Waals surface area (Å²) in [6, 6.07) is 3.96. The summed E-state index contributed by atoms with van der Waals surface area (Å²) in [4.78, 5) is 13.3. The topological polar surface area (TPSA) is 98.5 Å². The Hall–Kier alpha value is -1.58. The van der Waals surface area contributed by atoms with Gasteiger partial charge in [0.1, 0.15) is 17.7 Å². The van der Waals surface area contributed by atoms with Crippen molar-refractivity contribution in [2.24, 2.45) is 21.5 Å². The minimum absolute atomic E-state index is 0. The van der Waals surface area contributed by atoms with Crippen LogP contribution in [-0.2, 0) is 4.84 Å². The van der Waals surface area contributed by atoms with Gasteiger partial charge in [-0.05, 0) is 25.1 Å². The maximum atomic E-state index is 12.9. The highest BCUT2D eigenvalue weighted by atomic mass is 79.9. The van der Waals surface area contributed by atoms with Gasteiger partial charge in [-0.2, -0.15) is 10.1 Å². The lowest BCUT2D eigenvalue weighted by molar-refractivity contribution is -0.126. The minimum Gasteiger partial charge on any atom is -0.492 e. The highest BCUT2D eigenvalue weighted by Crippen LogP contribution is 2.24. The number of hydrogen-bond donors (Lipinski definition) is 2. The molecule has 1 unspecified atom stereocenters. The van der Waals surface area contributed by atoms with Crippen LogP contribution in [0, 0.1) is 5.82 Å². The second-order valence-corrected chi connectivity index (χ2v) is 4.93. The van der Waals surface area contributed by atoms with Crippen molar-refractivity contribution in [1.82, 2.24) is 5.06 Å². The van der Waals surface area contributed by atoms with Crippen LogP contribution in [-0.4, -0.2) is 36.4 Å². The Morgan fingerprint density at radius 3 is 2.74 bits per heavy atom. The van der Waals surface area contributed by atoms with Gasteiger partial charge >= 0.3 is 0 Å². The third kappa shape index (κ3) is 5.52. The van der Waals surface area contributed by atoms with Crippen LogP contribution in [0.1, 0.15) is 13.3 Å². The van der Waals surface area contributed by atoms with Crippen molar-refractivity contribution in [3.05, 3.63) is 29.0 Å². The van der Waals surface area contributed by atoms with E-state index in [1.807, 2.05) is 0 Å². The number of benzene rings is 1. The van der Waals surface area contributed by atoms with E-state index in [2.05, 4.69) is 9.98 Å². The van der Waals surface area contributed by atoms with Gasteiger partial charge < -0.3 is 16.2 Å². The molecule has 1 heterocycles. The van der Waals surface area contributed by atoms with Gasteiger partial charge in [-0.3, -0.25) is 4.84 Å². The Morgan fingerprint density at radius 2 is 2.09 bits per heavy atom. The molecule has 1 atom stereocenters. The molecule has 0 spiro atoms. The van der Waals surface area contributed by atoms with E-state index >= 15 is 0 Å². The van der Waals surface area contributed by atoms with Crippen LogP contribution < -0.4 is 16.2 Å². The van der Waals surface area contributed by atoms with Crippen LogP contribution >= 0.6 is 28.6 Å². The quantitative estimate of drug-likeness (QED) is 0.699. The van der Waals surface area contributed by atoms with Crippen LogP contribution in [0.3, 0.4) is 0 Å². The van der Waals surface area contributed by atoms with E-state index in [0.717, 1.165) is 0 Å². The normalized spacial score (nSPS) is 17.2. The molecule has 1 aliphatic heterocycles. The molecule has 4 N–H and O–H groups in total. The largest absolute Gasteiger partial charge is 0.492 e. The number of nitrogens with two attached hydrogens (primary N) is 2. The average Bonchev–Trinajstić information content (AvgIpc) is 2.42. The minimum atomic E-state index is -0.408. The third-order valence-corrected chi connectivity index (χ3v) is 3.08. The summed E-state index contributed by atoms with van der Waals surface area (Å²) >= 11 is 5.85. The van der Waals surface area contributed by atoms with Crippen molar-refractivity contribution in [3.63, 3.8) is 0 Å². The summed E-state index contributed by atoms with van der Waals surface area (Å²) in [6.07, 6.45) is 0.230. The van der Waals surface area contributed by atoms with E-state index in [9.17, 15) is 4.39 Å². The first-order chi connectivity index (χ1) is 10.5. The molecule has 0 saturated carbocycles. The van der Waals surface area contributed by atoms with E-state index in [-0.39, 0.29) is 40.1 Å². The standard InChI is InChI=1S/C13H17ClFN5O2.BrH/c1-8-18-12(16)19-13(17)20(8)22-6-2-5-21-11-4-3-9(15)7-10(11)14;/h3-4,7-8H,2,5-6H2,1H3,(H4,16,17,18,19);1H. The van der Waals surface area contributed by atoms with Gasteiger partial charge in [0.2, 0.25) is 11.9 Å². The third-order valence-electron chi connectivity index (χ3n) is 2.78. The van der Waals surface area contributed by atoms with E-state index < -0.39 is 5.82 Å². The zero-order valence-corrected chi connectivity index (χ0v) is 14.9. The summed E-state index contributed by atoms with van der Waals surface area (Å²) in [5, 5.41) is 1.60. The molecule has 10 heteroatoms. The molecule has 0 fully saturated rings. The van der Waals surface area contributed by atoms with Crippen LogP contribution in [0.5, 0.6) is 5.75 Å². The zero-order valence-electron chi connectivity index (χ0n) is 12.4. The number of rotatable bonds is 6. The molecular weight excluding hydrogens is 393 g/mol. The Bertz CT molecular complexity index is 602. The maximum absolute atomic E-state index is 12.9. The zero-order chi connectivity index (χ0) is 16.1. The molecule has 1 aliphatic rings. The highest BCUT2D eigenvalue weighted by molar-refractivity contribution is 8.93. The van der Waals surface area contributed by atoms with Crippen LogP contribution in [0.15, 0.2) is 28.2 Å². The first-order valence-corrected chi connectivity index (χ1v) is 7.02. The Kier molecular flexibility index (Phi) is 7.53. The van der Waals surface area contributed by atoms with Crippen molar-refractivity contribution < 1.29 is 14.0 Å². The van der Waals surface area contributed by atoms with Crippen molar-refractivity contribution >= 4 is 40.5 Å². The molecule has 0 aliphatic carbocycles. The summed E-state index contributed by atoms with van der Waals surface area (Å²) in [5.41, 5.74) is 11.2. The first kappa shape index (κ1) is 19.5. The van der Waals surface area contributed by atoms with Crippen molar-refractivity contribution in [1.29, 1.82) is 0 Å². The fraction of sp³-hybridized carbons (Fsp3) is 0.385. The second kappa shape index (κ2) is 8.90. The maximum Gasteiger partial charge on any atom is 0.225 e. The van der Waals surface area contributed by atoms with E-state index in [0.29, 0.717) is 25.4 Å². The van der Waals surface area contributed by atoms with Crippen molar-refractivity contribution in [2.75, 3.05) is 13.2 Å². The van der Waals surface area contributed by atoms with Crippen LogP contribution in [0.2, 0.25) is 5.02 Å². The lowest BCUT2D eigenvalue weighted by Gasteiger charge is -2.28. The van der Waals surface area contributed by atoms with E-state index in [1.54, 1.807) is 6.92 Å². The molecule has 0 radical (unpaired) electrons. The van der Waals surface area contributed by atoms with Crippen molar-refractivity contribution in [3.8, 4) is 5.75 Å².